The average molecular weight is 567 g/mol. The molecule has 1 fully saturated rings. The van der Waals surface area contributed by atoms with E-state index >= 15 is 0 Å². The highest BCUT2D eigenvalue weighted by Gasteiger charge is 2.26. The zero-order chi connectivity index (χ0) is 27.4. The minimum atomic E-state index is -3.47. The van der Waals surface area contributed by atoms with Crippen molar-refractivity contribution in [3.05, 3.63) is 71.9 Å². The van der Waals surface area contributed by atoms with Crippen molar-refractivity contribution in [1.82, 2.24) is 20.2 Å². The van der Waals surface area contributed by atoms with Crippen LogP contribution in [0.5, 0.6) is 5.75 Å². The Balaban J connectivity index is 1.43. The summed E-state index contributed by atoms with van der Waals surface area (Å²) in [5.41, 5.74) is 1.66. The SMILES string of the molecule is COc1c(Nc2cc(C)[nH]n2)nc(Sc2ccc(S(=O)(=O)Cc3ccccc3)cc2)nc1N1CCO[C@H](C)C1. The lowest BCUT2D eigenvalue weighted by Crippen LogP contribution is -2.41. The molecule has 0 unspecified atom stereocenters. The molecule has 2 N–H and O–H groups in total. The number of morpholine rings is 1. The molecule has 3 heterocycles. The van der Waals surface area contributed by atoms with Gasteiger partial charge in [-0.15, -0.1) is 0 Å². The zero-order valence-corrected chi connectivity index (χ0v) is 23.6. The maximum atomic E-state index is 12.9. The number of hydrogen-bond donors (Lipinski definition) is 2. The Kier molecular flexibility index (Phi) is 8.05. The number of nitrogens with zero attached hydrogens (tertiary/aromatic N) is 4. The van der Waals surface area contributed by atoms with Crippen LogP contribution in [0.1, 0.15) is 18.2 Å². The largest absolute Gasteiger partial charge is 0.490 e. The molecule has 0 radical (unpaired) electrons. The Morgan fingerprint density at radius 2 is 1.92 bits per heavy atom. The van der Waals surface area contributed by atoms with Gasteiger partial charge in [0.15, 0.2) is 32.4 Å². The number of anilines is 3. The molecule has 2 aromatic heterocycles. The van der Waals surface area contributed by atoms with Gasteiger partial charge in [0.2, 0.25) is 5.75 Å². The van der Waals surface area contributed by atoms with Gasteiger partial charge in [0.05, 0.1) is 30.5 Å². The van der Waals surface area contributed by atoms with E-state index in [9.17, 15) is 8.42 Å². The molecular formula is C27H30N6O4S2. The van der Waals surface area contributed by atoms with Crippen LogP contribution in [0.4, 0.5) is 17.5 Å². The molecule has 4 aromatic rings. The number of nitrogens with one attached hydrogen (secondary N) is 2. The number of benzene rings is 2. The van der Waals surface area contributed by atoms with Crippen LogP contribution in [0, 0.1) is 6.92 Å². The summed E-state index contributed by atoms with van der Waals surface area (Å²) < 4.78 is 37.4. The van der Waals surface area contributed by atoms with Crippen molar-refractivity contribution >= 4 is 39.1 Å². The van der Waals surface area contributed by atoms with E-state index in [1.807, 2.05) is 50.2 Å². The fourth-order valence-corrected chi connectivity index (χ4v) is 6.36. The smallest absolute Gasteiger partial charge is 0.204 e. The van der Waals surface area contributed by atoms with Crippen LogP contribution in [0.2, 0.25) is 0 Å². The number of sulfone groups is 1. The monoisotopic (exact) mass is 566 g/mol. The number of aromatic amines is 1. The molecule has 0 saturated carbocycles. The van der Waals surface area contributed by atoms with Crippen LogP contribution in [-0.4, -0.2) is 61.5 Å². The first-order valence-corrected chi connectivity index (χ1v) is 14.9. The Morgan fingerprint density at radius 1 is 1.15 bits per heavy atom. The topological polar surface area (TPSA) is 122 Å². The maximum Gasteiger partial charge on any atom is 0.204 e. The van der Waals surface area contributed by atoms with E-state index in [1.54, 1.807) is 31.4 Å². The number of rotatable bonds is 9. The molecule has 5 rings (SSSR count). The second-order valence-corrected chi connectivity index (χ2v) is 12.2. The number of methoxy groups -OCH3 is 1. The van der Waals surface area contributed by atoms with Crippen LogP contribution in [-0.2, 0) is 20.3 Å². The highest BCUT2D eigenvalue weighted by Crippen LogP contribution is 2.38. The van der Waals surface area contributed by atoms with Gasteiger partial charge >= 0.3 is 0 Å². The molecule has 1 atom stereocenters. The Labute approximate surface area is 232 Å². The fourth-order valence-electron chi connectivity index (χ4n) is 4.26. The predicted molar refractivity (Wildman–Crippen MR) is 151 cm³/mol. The normalized spacial score (nSPS) is 15.8. The summed E-state index contributed by atoms with van der Waals surface area (Å²) in [5.74, 6) is 2.20. The van der Waals surface area contributed by atoms with E-state index in [0.717, 1.165) is 16.2 Å². The molecule has 10 nitrogen and oxygen atoms in total. The predicted octanol–water partition coefficient (Wildman–Crippen LogP) is 4.61. The first-order chi connectivity index (χ1) is 18.8. The molecule has 2 aromatic carbocycles. The Morgan fingerprint density at radius 3 is 2.59 bits per heavy atom. The molecule has 1 aliphatic heterocycles. The molecule has 0 spiro atoms. The van der Waals surface area contributed by atoms with Crippen molar-refractivity contribution < 1.29 is 17.9 Å². The van der Waals surface area contributed by atoms with Crippen molar-refractivity contribution in [3.63, 3.8) is 0 Å². The molecule has 1 saturated heterocycles. The molecule has 204 valence electrons. The summed E-state index contributed by atoms with van der Waals surface area (Å²) in [5, 5.41) is 10.9. The second kappa shape index (κ2) is 11.6. The first kappa shape index (κ1) is 27.0. The molecular weight excluding hydrogens is 536 g/mol. The van der Waals surface area contributed by atoms with Crippen LogP contribution >= 0.6 is 11.8 Å². The lowest BCUT2D eigenvalue weighted by Gasteiger charge is -2.33. The van der Waals surface area contributed by atoms with Gasteiger partial charge in [0.1, 0.15) is 0 Å². The van der Waals surface area contributed by atoms with Gasteiger partial charge in [-0.05, 0) is 55.4 Å². The summed E-state index contributed by atoms with van der Waals surface area (Å²) >= 11 is 1.34. The molecule has 12 heteroatoms. The lowest BCUT2D eigenvalue weighted by atomic mass is 10.2. The number of aromatic nitrogens is 4. The highest BCUT2D eigenvalue weighted by molar-refractivity contribution is 7.99. The van der Waals surface area contributed by atoms with Crippen LogP contribution in [0.25, 0.3) is 0 Å². The highest BCUT2D eigenvalue weighted by atomic mass is 32.2. The van der Waals surface area contributed by atoms with E-state index < -0.39 is 9.84 Å². The summed E-state index contributed by atoms with van der Waals surface area (Å²) in [6.45, 7) is 5.84. The fraction of sp³-hybridized carbons (Fsp3) is 0.296. The summed E-state index contributed by atoms with van der Waals surface area (Å²) in [7, 11) is -1.88. The Hall–Kier alpha value is -3.61. The number of aryl methyl sites for hydroxylation is 1. The van der Waals surface area contributed by atoms with Gasteiger partial charge in [-0.3, -0.25) is 5.10 Å². The summed E-state index contributed by atoms with van der Waals surface area (Å²) in [6.07, 6.45) is 0.0466. The summed E-state index contributed by atoms with van der Waals surface area (Å²) in [6, 6.07) is 17.8. The van der Waals surface area contributed by atoms with E-state index in [0.29, 0.717) is 48.1 Å². The number of H-pyrrole nitrogens is 1. The van der Waals surface area contributed by atoms with Crippen molar-refractivity contribution in [2.24, 2.45) is 0 Å². The van der Waals surface area contributed by atoms with Gasteiger partial charge in [0, 0.05) is 29.7 Å². The van der Waals surface area contributed by atoms with Crippen molar-refractivity contribution in [3.8, 4) is 5.75 Å². The average Bonchev–Trinajstić information content (AvgIpc) is 3.33. The summed E-state index contributed by atoms with van der Waals surface area (Å²) in [4.78, 5) is 12.8. The van der Waals surface area contributed by atoms with Gasteiger partial charge in [-0.1, -0.05) is 30.3 Å². The van der Waals surface area contributed by atoms with Crippen LogP contribution < -0.4 is 15.0 Å². The minimum Gasteiger partial charge on any atom is -0.490 e. The molecule has 39 heavy (non-hydrogen) atoms. The quantitative estimate of drug-likeness (QED) is 0.278. The van der Waals surface area contributed by atoms with E-state index in [2.05, 4.69) is 20.4 Å². The van der Waals surface area contributed by atoms with Gasteiger partial charge < -0.3 is 19.7 Å². The first-order valence-electron chi connectivity index (χ1n) is 12.5. The van der Waals surface area contributed by atoms with Gasteiger partial charge in [-0.25, -0.2) is 18.4 Å². The van der Waals surface area contributed by atoms with Crippen LogP contribution in [0.15, 0.2) is 75.6 Å². The third kappa shape index (κ3) is 6.52. The van der Waals surface area contributed by atoms with Crippen molar-refractivity contribution in [2.75, 3.05) is 37.0 Å². The number of hydrogen-bond acceptors (Lipinski definition) is 10. The molecule has 0 amide bonds. The number of ether oxygens (including phenoxy) is 2. The maximum absolute atomic E-state index is 12.9. The standard InChI is InChI=1S/C27H30N6O4S2/c1-18-15-23(32-31-18)28-25-24(36-3)26(33-13-14-37-19(2)16-33)30-27(29-25)38-21-9-11-22(12-10-21)39(34,35)17-20-7-5-4-6-8-20/h4-12,15,19H,13-14,16-17H2,1-3H3,(H2,28,29,30,31,32)/t19-/m1/s1. The minimum absolute atomic E-state index is 0.0466. The van der Waals surface area contributed by atoms with Gasteiger partial charge in [-0.2, -0.15) is 5.10 Å². The zero-order valence-electron chi connectivity index (χ0n) is 21.9. The van der Waals surface area contributed by atoms with Crippen molar-refractivity contribution in [1.29, 1.82) is 0 Å². The molecule has 1 aliphatic rings. The third-order valence-electron chi connectivity index (χ3n) is 6.12. The van der Waals surface area contributed by atoms with Crippen molar-refractivity contribution in [2.45, 2.75) is 40.7 Å². The lowest BCUT2D eigenvalue weighted by molar-refractivity contribution is 0.0527. The van der Waals surface area contributed by atoms with Crippen LogP contribution in [0.3, 0.4) is 0 Å². The van der Waals surface area contributed by atoms with E-state index in [-0.39, 0.29) is 16.8 Å². The Bertz CT molecular complexity index is 1530. The molecule has 0 bridgehead atoms. The van der Waals surface area contributed by atoms with E-state index in [1.165, 1.54) is 11.8 Å². The second-order valence-electron chi connectivity index (χ2n) is 9.22. The third-order valence-corrected chi connectivity index (χ3v) is 8.69. The van der Waals surface area contributed by atoms with E-state index in [4.69, 9.17) is 19.4 Å². The van der Waals surface area contributed by atoms with Gasteiger partial charge in [0.25, 0.3) is 0 Å². The molecule has 0 aliphatic carbocycles.